The van der Waals surface area contributed by atoms with E-state index in [2.05, 4.69) is 30.7 Å². The van der Waals surface area contributed by atoms with Gasteiger partial charge in [-0.15, -0.1) is 10.2 Å². The second-order valence-electron chi connectivity index (χ2n) is 7.53. The number of nitrogens with one attached hydrogen (secondary N) is 2. The number of benzene rings is 2. The van der Waals surface area contributed by atoms with E-state index in [1.165, 1.54) is 0 Å². The van der Waals surface area contributed by atoms with Crippen LogP contribution in [0.5, 0.6) is 0 Å². The van der Waals surface area contributed by atoms with Gasteiger partial charge in [0.25, 0.3) is 10.0 Å². The maximum atomic E-state index is 13.4. The van der Waals surface area contributed by atoms with Crippen molar-refractivity contribution in [1.29, 1.82) is 0 Å². The Hall–Kier alpha value is -4.05. The highest BCUT2D eigenvalue weighted by Gasteiger charge is 2.25. The lowest BCUT2D eigenvalue weighted by atomic mass is 9.97. The van der Waals surface area contributed by atoms with Crippen LogP contribution in [0, 0.1) is 0 Å². The summed E-state index contributed by atoms with van der Waals surface area (Å²) >= 11 is 0. The van der Waals surface area contributed by atoms with Crippen molar-refractivity contribution in [3.05, 3.63) is 71.9 Å². The Labute approximate surface area is 182 Å². The Morgan fingerprint density at radius 2 is 2.00 bits per heavy atom. The van der Waals surface area contributed by atoms with Gasteiger partial charge < -0.3 is 4.98 Å². The summed E-state index contributed by atoms with van der Waals surface area (Å²) in [6, 6.07) is 11.7. The molecule has 158 valence electrons. The lowest BCUT2D eigenvalue weighted by Gasteiger charge is -2.12. The van der Waals surface area contributed by atoms with Crippen LogP contribution in [0.2, 0.25) is 0 Å². The van der Waals surface area contributed by atoms with Crippen molar-refractivity contribution < 1.29 is 8.42 Å². The third-order valence-corrected chi connectivity index (χ3v) is 7.43. The summed E-state index contributed by atoms with van der Waals surface area (Å²) < 4.78 is 28.0. The zero-order valence-electron chi connectivity index (χ0n) is 16.7. The number of hydrogen-bond donors (Lipinski definition) is 2. The van der Waals surface area contributed by atoms with E-state index in [0.29, 0.717) is 40.0 Å². The Kier molecular flexibility index (Phi) is 4.08. The van der Waals surface area contributed by atoms with Gasteiger partial charge in [-0.25, -0.2) is 0 Å². The van der Waals surface area contributed by atoms with E-state index >= 15 is 0 Å². The molecule has 0 radical (unpaired) electrons. The van der Waals surface area contributed by atoms with Crippen molar-refractivity contribution >= 4 is 31.8 Å². The Morgan fingerprint density at radius 1 is 1.06 bits per heavy atom. The molecule has 5 aromatic rings. The van der Waals surface area contributed by atoms with E-state index < -0.39 is 10.0 Å². The number of aromatic amines is 2. The Balaban J connectivity index is 1.66. The van der Waals surface area contributed by atoms with Gasteiger partial charge in [0.15, 0.2) is 0 Å². The minimum atomic E-state index is -3.82. The van der Waals surface area contributed by atoms with Crippen molar-refractivity contribution in [3.8, 4) is 22.5 Å². The highest BCUT2D eigenvalue weighted by atomic mass is 32.2. The largest absolute Gasteiger partial charge is 0.361 e. The molecule has 1 aliphatic rings. The minimum Gasteiger partial charge on any atom is -0.361 e. The van der Waals surface area contributed by atoms with Crippen LogP contribution < -0.4 is 0 Å². The van der Waals surface area contributed by atoms with E-state index in [0.717, 1.165) is 26.1 Å². The zero-order chi connectivity index (χ0) is 21.7. The monoisotopic (exact) mass is 443 g/mol. The molecule has 0 fully saturated rings. The summed E-state index contributed by atoms with van der Waals surface area (Å²) in [6.45, 7) is 0. The molecule has 0 saturated carbocycles. The fraction of sp³-hybridized carbons (Fsp3) is 0.0909. The van der Waals surface area contributed by atoms with Crippen LogP contribution >= 0.6 is 0 Å². The first kappa shape index (κ1) is 18.7. The van der Waals surface area contributed by atoms with Gasteiger partial charge in [0.05, 0.1) is 16.6 Å². The predicted molar refractivity (Wildman–Crippen MR) is 121 cm³/mol. The van der Waals surface area contributed by atoms with Crippen molar-refractivity contribution in [2.24, 2.45) is 0 Å². The molecule has 3 aromatic heterocycles. The molecular formula is C22H17N7O2S. The molecular weight excluding hydrogens is 426 g/mol. The molecule has 0 atom stereocenters. The molecule has 9 nitrogen and oxygen atoms in total. The fourth-order valence-corrected chi connectivity index (χ4v) is 5.59. The number of H-pyrrole nitrogens is 2. The van der Waals surface area contributed by atoms with Crippen LogP contribution in [0.15, 0.2) is 71.9 Å². The summed E-state index contributed by atoms with van der Waals surface area (Å²) in [5, 5.41) is 20.3. The SMILES string of the molecule is O=S(=O)(C1=CC=CCC1)n1ncc2c(-c3nn[nH]n3)cc(-c3cccc4[nH]ccc34)cc21. The number of nitrogens with zero attached hydrogens (tertiary/aromatic N) is 5. The topological polar surface area (TPSA) is 122 Å². The Morgan fingerprint density at radius 3 is 2.81 bits per heavy atom. The molecule has 0 amide bonds. The quantitative estimate of drug-likeness (QED) is 0.436. The third-order valence-electron chi connectivity index (χ3n) is 5.68. The van der Waals surface area contributed by atoms with Gasteiger partial charge in [0.1, 0.15) is 0 Å². The molecule has 0 bridgehead atoms. The first-order chi connectivity index (χ1) is 15.6. The number of allylic oxidation sites excluding steroid dienone is 4. The van der Waals surface area contributed by atoms with Gasteiger partial charge in [0.2, 0.25) is 5.82 Å². The van der Waals surface area contributed by atoms with Crippen molar-refractivity contribution in [2.75, 3.05) is 0 Å². The second kappa shape index (κ2) is 6.99. The molecule has 0 spiro atoms. The van der Waals surface area contributed by atoms with E-state index in [1.54, 1.807) is 18.3 Å². The number of hydrogen-bond acceptors (Lipinski definition) is 6. The van der Waals surface area contributed by atoms with Crippen molar-refractivity contribution in [3.63, 3.8) is 0 Å². The summed E-state index contributed by atoms with van der Waals surface area (Å²) in [5.41, 5.74) is 3.89. The first-order valence-corrected chi connectivity index (χ1v) is 11.5. The van der Waals surface area contributed by atoms with Gasteiger partial charge in [-0.3, -0.25) is 0 Å². The third kappa shape index (κ3) is 2.80. The lowest BCUT2D eigenvalue weighted by molar-refractivity contribution is 0.586. The van der Waals surface area contributed by atoms with Gasteiger partial charge in [-0.2, -0.15) is 22.8 Å². The summed E-state index contributed by atoms with van der Waals surface area (Å²) in [6.07, 6.45) is 9.90. The average molecular weight is 443 g/mol. The van der Waals surface area contributed by atoms with E-state index in [4.69, 9.17) is 0 Å². The van der Waals surface area contributed by atoms with Crippen LogP contribution in [0.3, 0.4) is 0 Å². The molecule has 10 heteroatoms. The molecule has 6 rings (SSSR count). The van der Waals surface area contributed by atoms with Crippen LogP contribution in [0.25, 0.3) is 44.3 Å². The molecule has 0 aliphatic heterocycles. The van der Waals surface area contributed by atoms with E-state index in [-0.39, 0.29) is 0 Å². The van der Waals surface area contributed by atoms with Crippen molar-refractivity contribution in [2.45, 2.75) is 12.8 Å². The molecule has 0 unspecified atom stereocenters. The fourth-order valence-electron chi connectivity index (χ4n) is 4.16. The maximum Gasteiger partial charge on any atom is 0.279 e. The molecule has 2 N–H and O–H groups in total. The maximum absolute atomic E-state index is 13.4. The van der Waals surface area contributed by atoms with Crippen LogP contribution in [-0.2, 0) is 10.0 Å². The van der Waals surface area contributed by atoms with Crippen LogP contribution in [0.1, 0.15) is 12.8 Å². The average Bonchev–Trinajstić information content (AvgIpc) is 3.59. The highest BCUT2D eigenvalue weighted by molar-refractivity contribution is 7.93. The predicted octanol–water partition coefficient (Wildman–Crippen LogP) is 3.78. The summed E-state index contributed by atoms with van der Waals surface area (Å²) in [4.78, 5) is 3.55. The van der Waals surface area contributed by atoms with Gasteiger partial charge >= 0.3 is 0 Å². The smallest absolute Gasteiger partial charge is 0.279 e. The molecule has 32 heavy (non-hydrogen) atoms. The van der Waals surface area contributed by atoms with Gasteiger partial charge in [-0.05, 0) is 59.5 Å². The zero-order valence-corrected chi connectivity index (χ0v) is 17.5. The summed E-state index contributed by atoms with van der Waals surface area (Å²) in [7, 11) is -3.82. The molecule has 0 saturated heterocycles. The standard InChI is InChI=1S/C22H17N7O2S/c30-32(31,15-5-2-1-3-6-15)29-21-12-14(16-7-4-8-20-17(16)9-10-23-20)11-18(19(21)13-24-29)22-25-27-28-26-22/h1-2,4-5,7-13,23H,3,6H2,(H,25,26,27,28). The lowest BCUT2D eigenvalue weighted by Crippen LogP contribution is -2.17. The van der Waals surface area contributed by atoms with Gasteiger partial charge in [-0.1, -0.05) is 24.3 Å². The number of rotatable bonds is 4. The second-order valence-corrected chi connectivity index (χ2v) is 9.35. The number of fused-ring (bicyclic) bond motifs is 2. The first-order valence-electron chi connectivity index (χ1n) is 10.1. The minimum absolute atomic E-state index is 0.337. The van der Waals surface area contributed by atoms with Crippen LogP contribution in [-0.4, -0.2) is 43.2 Å². The van der Waals surface area contributed by atoms with E-state index in [9.17, 15) is 8.42 Å². The number of aromatic nitrogens is 7. The normalized spacial score (nSPS) is 14.3. The Bertz CT molecular complexity index is 1640. The molecule has 3 heterocycles. The van der Waals surface area contributed by atoms with Crippen molar-refractivity contribution in [1.82, 2.24) is 34.8 Å². The van der Waals surface area contributed by atoms with E-state index in [1.807, 2.05) is 48.7 Å². The highest BCUT2D eigenvalue weighted by Crippen LogP contribution is 2.36. The summed E-state index contributed by atoms with van der Waals surface area (Å²) in [5.74, 6) is 0.370. The van der Waals surface area contributed by atoms with Crippen LogP contribution in [0.4, 0.5) is 0 Å². The molecule has 1 aliphatic carbocycles. The molecule has 2 aromatic carbocycles. The van der Waals surface area contributed by atoms with Gasteiger partial charge in [0, 0.05) is 28.0 Å². The number of tetrazole rings is 1.